The summed E-state index contributed by atoms with van der Waals surface area (Å²) in [5.74, 6) is 0.705. The van der Waals surface area contributed by atoms with Crippen molar-refractivity contribution >= 4 is 32.3 Å². The number of alkyl halides is 2. The topological polar surface area (TPSA) is 51.3 Å². The van der Waals surface area contributed by atoms with Gasteiger partial charge in [-0.3, -0.25) is 4.79 Å². The first kappa shape index (κ1) is 16.5. The van der Waals surface area contributed by atoms with Crippen LogP contribution in [-0.2, 0) is 0 Å². The monoisotopic (exact) mass is 373 g/mol. The van der Waals surface area contributed by atoms with Crippen LogP contribution in [0.1, 0.15) is 0 Å². The number of benzene rings is 2. The second kappa shape index (κ2) is 6.42. The summed E-state index contributed by atoms with van der Waals surface area (Å²) in [5, 5.41) is 3.54. The molecule has 4 rings (SSSR count). The molecule has 0 unspecified atom stereocenters. The average molecular weight is 373 g/mol. The molecule has 0 amide bonds. The molecule has 0 aliphatic heterocycles. The Labute approximate surface area is 150 Å². The summed E-state index contributed by atoms with van der Waals surface area (Å²) in [4.78, 5) is 15.1. The summed E-state index contributed by atoms with van der Waals surface area (Å²) in [6, 6.07) is 11.8. The van der Waals surface area contributed by atoms with Crippen molar-refractivity contribution in [3.05, 3.63) is 58.2 Å². The molecule has 2 aromatic carbocycles. The largest absolute Gasteiger partial charge is 0.496 e. The Balaban J connectivity index is 2.01. The zero-order chi connectivity index (χ0) is 18.3. The van der Waals surface area contributed by atoms with E-state index in [0.717, 1.165) is 21.9 Å². The molecule has 2 heterocycles. The van der Waals surface area contributed by atoms with Gasteiger partial charge in [-0.05, 0) is 41.3 Å². The van der Waals surface area contributed by atoms with E-state index in [1.165, 1.54) is 23.5 Å². The zero-order valence-electron chi connectivity index (χ0n) is 13.6. The highest BCUT2D eigenvalue weighted by Crippen LogP contribution is 2.40. The molecule has 1 N–H and O–H groups in total. The number of aromatic amines is 1. The van der Waals surface area contributed by atoms with Crippen molar-refractivity contribution < 1.29 is 18.3 Å². The lowest BCUT2D eigenvalue weighted by molar-refractivity contribution is -0.0498. The third kappa shape index (κ3) is 2.70. The fourth-order valence-electron chi connectivity index (χ4n) is 3.09. The predicted molar refractivity (Wildman–Crippen MR) is 98.6 cm³/mol. The molecule has 0 atom stereocenters. The number of rotatable bonds is 4. The third-order valence-corrected chi connectivity index (χ3v) is 5.06. The Morgan fingerprint density at radius 2 is 1.85 bits per heavy atom. The summed E-state index contributed by atoms with van der Waals surface area (Å²) in [6.07, 6.45) is 0. The number of aromatic nitrogens is 1. The lowest BCUT2D eigenvalue weighted by Gasteiger charge is -2.14. The van der Waals surface area contributed by atoms with Crippen molar-refractivity contribution in [3.63, 3.8) is 0 Å². The van der Waals surface area contributed by atoms with Gasteiger partial charge in [-0.25, -0.2) is 0 Å². The van der Waals surface area contributed by atoms with Gasteiger partial charge >= 0.3 is 6.61 Å². The van der Waals surface area contributed by atoms with Gasteiger partial charge in [0, 0.05) is 21.9 Å². The number of thiophene rings is 1. The lowest BCUT2D eigenvalue weighted by atomic mass is 9.97. The molecular formula is C19H13F2NO3S. The number of pyridine rings is 1. The van der Waals surface area contributed by atoms with Gasteiger partial charge in [-0.15, -0.1) is 11.3 Å². The van der Waals surface area contributed by atoms with Crippen LogP contribution in [0, 0.1) is 0 Å². The number of H-pyrrole nitrogens is 1. The van der Waals surface area contributed by atoms with Gasteiger partial charge in [-0.1, -0.05) is 12.1 Å². The average Bonchev–Trinajstić information content (AvgIpc) is 3.12. The molecule has 4 nitrogen and oxygen atoms in total. The van der Waals surface area contributed by atoms with Crippen LogP contribution in [0.15, 0.2) is 52.6 Å². The molecule has 0 fully saturated rings. The molecule has 0 aliphatic rings. The van der Waals surface area contributed by atoms with Gasteiger partial charge in [0.05, 0.1) is 7.11 Å². The van der Waals surface area contributed by atoms with Crippen molar-refractivity contribution in [2.24, 2.45) is 0 Å². The highest BCUT2D eigenvalue weighted by Gasteiger charge is 2.16. The first-order valence-electron chi connectivity index (χ1n) is 7.74. The van der Waals surface area contributed by atoms with Crippen LogP contribution in [-0.4, -0.2) is 18.7 Å². The third-order valence-electron chi connectivity index (χ3n) is 4.14. The number of methoxy groups -OCH3 is 1. The number of nitrogens with one attached hydrogen (secondary N) is 1. The normalized spacial score (nSPS) is 11.4. The fraction of sp³-hybridized carbons (Fsp3) is 0.105. The van der Waals surface area contributed by atoms with Gasteiger partial charge in [0.15, 0.2) is 0 Å². The van der Waals surface area contributed by atoms with Crippen molar-refractivity contribution in [2.45, 2.75) is 6.61 Å². The maximum Gasteiger partial charge on any atom is 0.387 e. The Morgan fingerprint density at radius 3 is 2.54 bits per heavy atom. The first-order valence-corrected chi connectivity index (χ1v) is 8.62. The number of fused-ring (bicyclic) bond motifs is 3. The smallest absolute Gasteiger partial charge is 0.387 e. The molecular weight excluding hydrogens is 360 g/mol. The molecule has 132 valence electrons. The van der Waals surface area contributed by atoms with E-state index >= 15 is 0 Å². The van der Waals surface area contributed by atoms with Gasteiger partial charge in [0.2, 0.25) is 0 Å². The first-order chi connectivity index (χ1) is 12.6. The molecule has 0 aliphatic carbocycles. The van der Waals surface area contributed by atoms with Crippen LogP contribution in [0.25, 0.3) is 32.1 Å². The Morgan fingerprint density at radius 1 is 1.08 bits per heavy atom. The van der Waals surface area contributed by atoms with E-state index in [-0.39, 0.29) is 11.3 Å². The number of hydrogen-bond donors (Lipinski definition) is 1. The van der Waals surface area contributed by atoms with Crippen molar-refractivity contribution in [2.75, 3.05) is 7.11 Å². The lowest BCUT2D eigenvalue weighted by Crippen LogP contribution is -2.05. The van der Waals surface area contributed by atoms with Crippen molar-refractivity contribution in [1.29, 1.82) is 0 Å². The molecule has 0 saturated heterocycles. The number of hydrogen-bond acceptors (Lipinski definition) is 4. The number of ether oxygens (including phenoxy) is 2. The summed E-state index contributed by atoms with van der Waals surface area (Å²) in [5.41, 5.74) is 2.10. The predicted octanol–water partition coefficient (Wildman–Crippen LogP) is 5.02. The molecule has 0 radical (unpaired) electrons. The molecule has 0 saturated carbocycles. The van der Waals surface area contributed by atoms with E-state index in [4.69, 9.17) is 4.74 Å². The Hall–Kier alpha value is -2.93. The minimum absolute atomic E-state index is 0.0806. The Bertz CT molecular complexity index is 1150. The minimum Gasteiger partial charge on any atom is -0.496 e. The Kier molecular flexibility index (Phi) is 4.08. The molecule has 2 aromatic heterocycles. The van der Waals surface area contributed by atoms with E-state index in [2.05, 4.69) is 9.72 Å². The molecule has 4 aromatic rings. The summed E-state index contributed by atoms with van der Waals surface area (Å²) >= 11 is 1.37. The van der Waals surface area contributed by atoms with Crippen LogP contribution >= 0.6 is 11.3 Å². The second-order valence-electron chi connectivity index (χ2n) is 5.59. The van der Waals surface area contributed by atoms with E-state index < -0.39 is 6.61 Å². The fourth-order valence-corrected chi connectivity index (χ4v) is 3.88. The molecule has 26 heavy (non-hydrogen) atoms. The van der Waals surface area contributed by atoms with Gasteiger partial charge in [0.25, 0.3) is 5.56 Å². The van der Waals surface area contributed by atoms with E-state index in [9.17, 15) is 13.6 Å². The van der Waals surface area contributed by atoms with Crippen LogP contribution in [0.4, 0.5) is 8.78 Å². The molecule has 0 bridgehead atoms. The van der Waals surface area contributed by atoms with E-state index in [0.29, 0.717) is 16.0 Å². The maximum atomic E-state index is 12.4. The molecule has 0 spiro atoms. The highest BCUT2D eigenvalue weighted by atomic mass is 32.1. The van der Waals surface area contributed by atoms with Gasteiger partial charge in [0.1, 0.15) is 16.2 Å². The van der Waals surface area contributed by atoms with Crippen LogP contribution in [0.2, 0.25) is 0 Å². The summed E-state index contributed by atoms with van der Waals surface area (Å²) in [7, 11) is 1.56. The number of halogens is 2. The van der Waals surface area contributed by atoms with Crippen LogP contribution in [0.3, 0.4) is 0 Å². The van der Waals surface area contributed by atoms with Gasteiger partial charge in [-0.2, -0.15) is 8.78 Å². The van der Waals surface area contributed by atoms with Gasteiger partial charge < -0.3 is 14.5 Å². The second-order valence-corrected chi connectivity index (χ2v) is 6.50. The SMILES string of the molecule is COc1ccc2[nH]c(=O)c3sccc3c2c1-c1ccc(OC(F)F)cc1. The standard InChI is InChI=1S/C19H13F2NO3S/c1-24-14-7-6-13-16(12-8-9-26-17(12)18(23)22-13)15(14)10-2-4-11(5-3-10)25-19(20)21/h2-9,19H,1H3,(H,22,23). The summed E-state index contributed by atoms with van der Waals surface area (Å²) in [6.45, 7) is -2.87. The van der Waals surface area contributed by atoms with Crippen LogP contribution in [0.5, 0.6) is 11.5 Å². The van der Waals surface area contributed by atoms with Crippen molar-refractivity contribution in [3.8, 4) is 22.6 Å². The van der Waals surface area contributed by atoms with Crippen LogP contribution < -0.4 is 15.0 Å². The zero-order valence-corrected chi connectivity index (χ0v) is 14.4. The van der Waals surface area contributed by atoms with E-state index in [1.54, 1.807) is 31.4 Å². The van der Waals surface area contributed by atoms with Crippen molar-refractivity contribution in [1.82, 2.24) is 4.98 Å². The quantitative estimate of drug-likeness (QED) is 0.546. The summed E-state index contributed by atoms with van der Waals surface area (Å²) < 4.78 is 35.3. The highest BCUT2D eigenvalue weighted by molar-refractivity contribution is 7.17. The molecule has 7 heteroatoms. The van der Waals surface area contributed by atoms with E-state index in [1.807, 2.05) is 11.4 Å². The minimum atomic E-state index is -2.87. The maximum absolute atomic E-state index is 12.4.